The van der Waals surface area contributed by atoms with Gasteiger partial charge in [-0.25, -0.2) is 9.97 Å². The summed E-state index contributed by atoms with van der Waals surface area (Å²) < 4.78 is 1.98. The van der Waals surface area contributed by atoms with Gasteiger partial charge in [0.25, 0.3) is 0 Å². The minimum atomic E-state index is 0.688. The quantitative estimate of drug-likeness (QED) is 0.855. The van der Waals surface area contributed by atoms with Crippen LogP contribution in [0.15, 0.2) is 18.5 Å². The molecule has 102 valence electrons. The molecule has 0 bridgehead atoms. The third-order valence-corrected chi connectivity index (χ3v) is 3.47. The normalized spacial score (nSPS) is 10.9. The van der Waals surface area contributed by atoms with Crippen LogP contribution in [0.4, 0.5) is 0 Å². The molecule has 1 N–H and O–H groups in total. The molecule has 0 spiro atoms. The Balaban J connectivity index is 2.27. The highest BCUT2D eigenvalue weighted by Gasteiger charge is 2.08. The first-order chi connectivity index (χ1) is 9.13. The monoisotopic (exact) mass is 278 g/mol. The summed E-state index contributed by atoms with van der Waals surface area (Å²) in [5, 5.41) is 4.02. The molecule has 0 atom stereocenters. The van der Waals surface area contributed by atoms with Gasteiger partial charge < -0.3 is 5.32 Å². The maximum atomic E-state index is 6.18. The Morgan fingerprint density at radius 3 is 2.74 bits per heavy atom. The van der Waals surface area contributed by atoms with E-state index in [0.29, 0.717) is 11.6 Å². The molecule has 19 heavy (non-hydrogen) atoms. The zero-order valence-electron chi connectivity index (χ0n) is 11.6. The van der Waals surface area contributed by atoms with E-state index in [2.05, 4.69) is 22.2 Å². The standard InChI is InChI=1S/C14H19ClN4/c1-4-7-16-8-13-12(15)5-6-14(18-13)19-9-17-10(2)11(19)3/h5-6,9,16H,4,7-8H2,1-3H3. The van der Waals surface area contributed by atoms with Crippen LogP contribution >= 0.6 is 11.6 Å². The number of hydrogen-bond acceptors (Lipinski definition) is 3. The van der Waals surface area contributed by atoms with Gasteiger partial charge in [0.2, 0.25) is 0 Å². The number of aromatic nitrogens is 3. The van der Waals surface area contributed by atoms with Gasteiger partial charge in [0.1, 0.15) is 12.1 Å². The lowest BCUT2D eigenvalue weighted by Gasteiger charge is -2.09. The van der Waals surface area contributed by atoms with Gasteiger partial charge in [-0.05, 0) is 38.9 Å². The molecule has 0 saturated heterocycles. The SMILES string of the molecule is CCCNCc1nc(-n2cnc(C)c2C)ccc1Cl. The molecule has 2 heterocycles. The smallest absolute Gasteiger partial charge is 0.138 e. The van der Waals surface area contributed by atoms with Crippen LogP contribution < -0.4 is 5.32 Å². The van der Waals surface area contributed by atoms with Crippen molar-refractivity contribution in [3.8, 4) is 5.82 Å². The van der Waals surface area contributed by atoms with Crippen molar-refractivity contribution in [1.29, 1.82) is 0 Å². The van der Waals surface area contributed by atoms with Gasteiger partial charge in [-0.3, -0.25) is 4.57 Å². The zero-order chi connectivity index (χ0) is 13.8. The number of hydrogen-bond donors (Lipinski definition) is 1. The molecule has 0 aromatic carbocycles. The molecule has 0 aliphatic heterocycles. The van der Waals surface area contributed by atoms with Crippen molar-refractivity contribution >= 4 is 11.6 Å². The van der Waals surface area contributed by atoms with Gasteiger partial charge in [0, 0.05) is 12.2 Å². The molecule has 2 aromatic heterocycles. The number of nitrogens with zero attached hydrogens (tertiary/aromatic N) is 3. The van der Waals surface area contributed by atoms with Gasteiger partial charge in [-0.15, -0.1) is 0 Å². The fourth-order valence-electron chi connectivity index (χ4n) is 1.84. The van der Waals surface area contributed by atoms with E-state index >= 15 is 0 Å². The lowest BCUT2D eigenvalue weighted by molar-refractivity contribution is 0.663. The minimum absolute atomic E-state index is 0.688. The first-order valence-electron chi connectivity index (χ1n) is 6.50. The van der Waals surface area contributed by atoms with Crippen LogP contribution in [-0.2, 0) is 6.54 Å². The average Bonchev–Trinajstić information content (AvgIpc) is 2.73. The van der Waals surface area contributed by atoms with Crippen molar-refractivity contribution < 1.29 is 0 Å². The highest BCUT2D eigenvalue weighted by molar-refractivity contribution is 6.31. The van der Waals surface area contributed by atoms with Crippen LogP contribution in [0.5, 0.6) is 0 Å². The molecular formula is C14H19ClN4. The van der Waals surface area contributed by atoms with Crippen molar-refractivity contribution in [3.05, 3.63) is 40.6 Å². The van der Waals surface area contributed by atoms with E-state index in [4.69, 9.17) is 11.6 Å². The number of imidazole rings is 1. The van der Waals surface area contributed by atoms with E-state index in [1.165, 1.54) is 0 Å². The summed E-state index contributed by atoms with van der Waals surface area (Å²) in [5.74, 6) is 0.857. The summed E-state index contributed by atoms with van der Waals surface area (Å²) in [4.78, 5) is 8.91. The lowest BCUT2D eigenvalue weighted by atomic mass is 10.3. The maximum Gasteiger partial charge on any atom is 0.138 e. The summed E-state index contributed by atoms with van der Waals surface area (Å²) >= 11 is 6.18. The summed E-state index contributed by atoms with van der Waals surface area (Å²) in [6, 6.07) is 3.81. The largest absolute Gasteiger partial charge is 0.311 e. The molecule has 0 unspecified atom stereocenters. The first kappa shape index (κ1) is 14.0. The Morgan fingerprint density at radius 1 is 1.32 bits per heavy atom. The third kappa shape index (κ3) is 3.14. The van der Waals surface area contributed by atoms with E-state index in [0.717, 1.165) is 35.9 Å². The second kappa shape index (κ2) is 6.17. The molecule has 0 saturated carbocycles. The highest BCUT2D eigenvalue weighted by Crippen LogP contribution is 2.18. The minimum Gasteiger partial charge on any atom is -0.311 e. The second-order valence-corrected chi connectivity index (χ2v) is 4.97. The van der Waals surface area contributed by atoms with Gasteiger partial charge in [0.15, 0.2) is 0 Å². The molecule has 0 fully saturated rings. The van der Waals surface area contributed by atoms with Crippen molar-refractivity contribution in [2.75, 3.05) is 6.54 Å². The Hall–Kier alpha value is -1.39. The van der Waals surface area contributed by atoms with Crippen LogP contribution in [0, 0.1) is 13.8 Å². The van der Waals surface area contributed by atoms with Crippen LogP contribution in [0.3, 0.4) is 0 Å². The summed E-state index contributed by atoms with van der Waals surface area (Å²) in [5.41, 5.74) is 2.99. The van der Waals surface area contributed by atoms with Crippen LogP contribution in [0.25, 0.3) is 5.82 Å². The van der Waals surface area contributed by atoms with Crippen LogP contribution in [0.2, 0.25) is 5.02 Å². The van der Waals surface area contributed by atoms with E-state index in [-0.39, 0.29) is 0 Å². The molecule has 2 aromatic rings. The fraction of sp³-hybridized carbons (Fsp3) is 0.429. The molecule has 2 rings (SSSR count). The number of rotatable bonds is 5. The Kier molecular flexibility index (Phi) is 4.56. The zero-order valence-corrected chi connectivity index (χ0v) is 12.3. The van der Waals surface area contributed by atoms with Gasteiger partial charge in [-0.1, -0.05) is 18.5 Å². The fourth-order valence-corrected chi connectivity index (χ4v) is 2.02. The molecule has 0 aliphatic rings. The lowest BCUT2D eigenvalue weighted by Crippen LogP contribution is -2.16. The van der Waals surface area contributed by atoms with E-state index in [1.54, 1.807) is 6.33 Å². The van der Waals surface area contributed by atoms with Crippen molar-refractivity contribution in [2.45, 2.75) is 33.7 Å². The van der Waals surface area contributed by atoms with Crippen molar-refractivity contribution in [2.24, 2.45) is 0 Å². The predicted molar refractivity (Wildman–Crippen MR) is 77.8 cm³/mol. The summed E-state index contributed by atoms with van der Waals surface area (Å²) in [6.45, 7) is 7.81. The number of pyridine rings is 1. The van der Waals surface area contributed by atoms with E-state index < -0.39 is 0 Å². The van der Waals surface area contributed by atoms with Crippen molar-refractivity contribution in [1.82, 2.24) is 19.9 Å². The van der Waals surface area contributed by atoms with Crippen molar-refractivity contribution in [3.63, 3.8) is 0 Å². The molecule has 0 radical (unpaired) electrons. The summed E-state index contributed by atoms with van der Waals surface area (Å²) in [7, 11) is 0. The predicted octanol–water partition coefficient (Wildman–Crippen LogP) is 3.04. The third-order valence-electron chi connectivity index (χ3n) is 3.12. The Bertz CT molecular complexity index is 563. The average molecular weight is 279 g/mol. The number of halogens is 1. The topological polar surface area (TPSA) is 42.7 Å². The maximum absolute atomic E-state index is 6.18. The summed E-state index contributed by atoms with van der Waals surface area (Å²) in [6.07, 6.45) is 2.89. The Morgan fingerprint density at radius 2 is 2.11 bits per heavy atom. The van der Waals surface area contributed by atoms with Gasteiger partial charge in [-0.2, -0.15) is 0 Å². The molecule has 4 nitrogen and oxygen atoms in total. The Labute approximate surface area is 118 Å². The van der Waals surface area contributed by atoms with Gasteiger partial charge >= 0.3 is 0 Å². The van der Waals surface area contributed by atoms with E-state index in [9.17, 15) is 0 Å². The number of aryl methyl sites for hydroxylation is 1. The molecule has 5 heteroatoms. The number of nitrogens with one attached hydrogen (secondary N) is 1. The van der Waals surface area contributed by atoms with Gasteiger partial charge in [0.05, 0.1) is 16.4 Å². The second-order valence-electron chi connectivity index (χ2n) is 4.56. The highest BCUT2D eigenvalue weighted by atomic mass is 35.5. The van der Waals surface area contributed by atoms with Crippen LogP contribution in [0.1, 0.15) is 30.4 Å². The van der Waals surface area contributed by atoms with E-state index in [1.807, 2.05) is 30.5 Å². The molecular weight excluding hydrogens is 260 g/mol. The first-order valence-corrected chi connectivity index (χ1v) is 6.88. The molecule has 0 aliphatic carbocycles. The van der Waals surface area contributed by atoms with Crippen LogP contribution in [-0.4, -0.2) is 21.1 Å². The molecule has 0 amide bonds.